The van der Waals surface area contributed by atoms with E-state index < -0.39 is 0 Å². The molecule has 2 aromatic carbocycles. The minimum Gasteiger partial charge on any atom is -0.258 e. The van der Waals surface area contributed by atoms with Crippen molar-refractivity contribution in [1.29, 1.82) is 0 Å². The third kappa shape index (κ3) is 3.85. The quantitative estimate of drug-likeness (QED) is 0.403. The first-order chi connectivity index (χ1) is 11.6. The Labute approximate surface area is 142 Å². The van der Waals surface area contributed by atoms with Gasteiger partial charge in [-0.05, 0) is 25.1 Å². The van der Waals surface area contributed by atoms with Gasteiger partial charge in [0.25, 0.3) is 5.69 Å². The summed E-state index contributed by atoms with van der Waals surface area (Å²) >= 11 is 1.36. The highest BCUT2D eigenvalue weighted by Gasteiger charge is 2.15. The van der Waals surface area contributed by atoms with Gasteiger partial charge >= 0.3 is 0 Å². The smallest absolute Gasteiger partial charge is 0.258 e. The number of hydrogen-bond donors (Lipinski definition) is 0. The Morgan fingerprint density at radius 1 is 1.17 bits per heavy atom. The zero-order valence-corrected chi connectivity index (χ0v) is 13.6. The Bertz CT molecular complexity index is 876. The van der Waals surface area contributed by atoms with Crippen LogP contribution in [0.4, 0.5) is 5.69 Å². The van der Waals surface area contributed by atoms with Gasteiger partial charge in [-0.3, -0.25) is 10.1 Å². The summed E-state index contributed by atoms with van der Waals surface area (Å²) in [6, 6.07) is 12.9. The SMILES string of the molecule is Cc1ccc(Sc2ccc(C=Nn3cnnc3)cc2[N+](=O)[O-])cc1. The van der Waals surface area contributed by atoms with Gasteiger partial charge in [-0.25, -0.2) is 4.68 Å². The van der Waals surface area contributed by atoms with E-state index in [2.05, 4.69) is 15.3 Å². The van der Waals surface area contributed by atoms with Crippen LogP contribution in [0.25, 0.3) is 0 Å². The minimum atomic E-state index is -0.382. The summed E-state index contributed by atoms with van der Waals surface area (Å²) in [7, 11) is 0. The van der Waals surface area contributed by atoms with Gasteiger partial charge in [-0.2, -0.15) is 5.10 Å². The monoisotopic (exact) mass is 339 g/mol. The molecule has 0 fully saturated rings. The van der Waals surface area contributed by atoms with Crippen LogP contribution in [0.2, 0.25) is 0 Å². The summed E-state index contributed by atoms with van der Waals surface area (Å²) in [4.78, 5) is 12.5. The van der Waals surface area contributed by atoms with Crippen LogP contribution in [-0.4, -0.2) is 26.0 Å². The highest BCUT2D eigenvalue weighted by atomic mass is 32.2. The van der Waals surface area contributed by atoms with Crippen LogP contribution < -0.4 is 0 Å². The van der Waals surface area contributed by atoms with Crippen LogP contribution in [0, 0.1) is 17.0 Å². The van der Waals surface area contributed by atoms with Gasteiger partial charge in [0.05, 0.1) is 16.0 Å². The van der Waals surface area contributed by atoms with Gasteiger partial charge in [0, 0.05) is 16.5 Å². The molecule has 1 aromatic heterocycles. The highest BCUT2D eigenvalue weighted by Crippen LogP contribution is 2.35. The van der Waals surface area contributed by atoms with Gasteiger partial charge in [-0.15, -0.1) is 10.2 Å². The van der Waals surface area contributed by atoms with E-state index >= 15 is 0 Å². The van der Waals surface area contributed by atoms with Gasteiger partial charge < -0.3 is 0 Å². The summed E-state index contributed by atoms with van der Waals surface area (Å²) in [6.07, 6.45) is 4.40. The number of nitrogens with zero attached hydrogens (tertiary/aromatic N) is 5. The third-order valence-corrected chi connectivity index (χ3v) is 4.25. The number of benzene rings is 2. The fraction of sp³-hybridized carbons (Fsp3) is 0.0625. The second-order valence-electron chi connectivity index (χ2n) is 4.99. The minimum absolute atomic E-state index is 0.0493. The van der Waals surface area contributed by atoms with Crippen molar-refractivity contribution < 1.29 is 4.92 Å². The number of hydrogen-bond acceptors (Lipinski definition) is 6. The molecule has 0 atom stereocenters. The fourth-order valence-corrected chi connectivity index (χ4v) is 2.87. The fourth-order valence-electron chi connectivity index (χ4n) is 1.97. The topological polar surface area (TPSA) is 86.2 Å². The molecular formula is C16H13N5O2S. The van der Waals surface area contributed by atoms with Crippen molar-refractivity contribution in [3.8, 4) is 0 Å². The Kier molecular flexibility index (Phi) is 4.66. The van der Waals surface area contributed by atoms with Crippen molar-refractivity contribution in [3.05, 3.63) is 76.4 Å². The summed E-state index contributed by atoms with van der Waals surface area (Å²) < 4.78 is 1.42. The first kappa shape index (κ1) is 15.9. The molecule has 0 aliphatic rings. The van der Waals surface area contributed by atoms with Crippen LogP contribution >= 0.6 is 11.8 Å². The lowest BCUT2D eigenvalue weighted by atomic mass is 10.2. The van der Waals surface area contributed by atoms with E-state index in [1.165, 1.54) is 41.4 Å². The molecule has 0 saturated heterocycles. The molecule has 7 nitrogen and oxygen atoms in total. The molecule has 0 unspecified atom stereocenters. The van der Waals surface area contributed by atoms with Crippen LogP contribution in [0.3, 0.4) is 0 Å². The second kappa shape index (κ2) is 7.05. The van der Waals surface area contributed by atoms with Crippen LogP contribution in [0.5, 0.6) is 0 Å². The second-order valence-corrected chi connectivity index (χ2v) is 6.10. The van der Waals surface area contributed by atoms with E-state index in [-0.39, 0.29) is 10.6 Å². The van der Waals surface area contributed by atoms with E-state index in [1.54, 1.807) is 12.1 Å². The lowest BCUT2D eigenvalue weighted by Gasteiger charge is -2.04. The number of aryl methyl sites for hydroxylation is 1. The maximum Gasteiger partial charge on any atom is 0.283 e. The molecular weight excluding hydrogens is 326 g/mol. The number of nitro groups is 1. The number of rotatable bonds is 5. The predicted octanol–water partition coefficient (Wildman–Crippen LogP) is 3.53. The molecule has 8 heteroatoms. The van der Waals surface area contributed by atoms with Crippen LogP contribution in [-0.2, 0) is 0 Å². The van der Waals surface area contributed by atoms with Crippen molar-refractivity contribution in [2.75, 3.05) is 0 Å². The molecule has 3 aromatic rings. The maximum absolute atomic E-state index is 11.4. The van der Waals surface area contributed by atoms with Crippen molar-refractivity contribution in [1.82, 2.24) is 14.9 Å². The molecule has 24 heavy (non-hydrogen) atoms. The molecule has 0 radical (unpaired) electrons. The largest absolute Gasteiger partial charge is 0.283 e. The first-order valence-corrected chi connectivity index (χ1v) is 7.85. The summed E-state index contributed by atoms with van der Waals surface area (Å²) in [6.45, 7) is 2.00. The molecule has 0 aliphatic heterocycles. The lowest BCUT2D eigenvalue weighted by Crippen LogP contribution is -1.94. The first-order valence-electron chi connectivity index (χ1n) is 7.04. The molecule has 1 heterocycles. The standard InChI is InChI=1S/C16H13N5O2S/c1-12-2-5-14(6-3-12)24-16-7-4-13(8-15(16)21(22)23)9-19-20-10-17-18-11-20/h2-11H,1H3. The van der Waals surface area contributed by atoms with Crippen LogP contribution in [0.1, 0.15) is 11.1 Å². The molecule has 0 aliphatic carbocycles. The van der Waals surface area contributed by atoms with Gasteiger partial charge in [0.15, 0.2) is 0 Å². The maximum atomic E-state index is 11.4. The van der Waals surface area contributed by atoms with Crippen LogP contribution in [0.15, 0.2) is 70.0 Å². The Morgan fingerprint density at radius 2 is 1.88 bits per heavy atom. The summed E-state index contributed by atoms with van der Waals surface area (Å²) in [5, 5.41) is 22.7. The van der Waals surface area contributed by atoms with E-state index in [9.17, 15) is 10.1 Å². The molecule has 0 N–H and O–H groups in total. The zero-order valence-electron chi connectivity index (χ0n) is 12.7. The van der Waals surface area contributed by atoms with E-state index in [4.69, 9.17) is 0 Å². The highest BCUT2D eigenvalue weighted by molar-refractivity contribution is 7.99. The van der Waals surface area contributed by atoms with Crippen molar-refractivity contribution in [3.63, 3.8) is 0 Å². The van der Waals surface area contributed by atoms with Crippen molar-refractivity contribution in [2.24, 2.45) is 5.10 Å². The summed E-state index contributed by atoms with van der Waals surface area (Å²) in [5.41, 5.74) is 1.83. The van der Waals surface area contributed by atoms with E-state index in [1.807, 2.05) is 31.2 Å². The van der Waals surface area contributed by atoms with Gasteiger partial charge in [-0.1, -0.05) is 35.5 Å². The van der Waals surface area contributed by atoms with E-state index in [0.29, 0.717) is 10.5 Å². The summed E-state index contributed by atoms with van der Waals surface area (Å²) in [5.74, 6) is 0. The Hall–Kier alpha value is -3.00. The Balaban J connectivity index is 1.87. The lowest BCUT2D eigenvalue weighted by molar-refractivity contribution is -0.387. The molecule has 3 rings (SSSR count). The third-order valence-electron chi connectivity index (χ3n) is 3.18. The average Bonchev–Trinajstić information content (AvgIpc) is 3.09. The normalized spacial score (nSPS) is 11.0. The van der Waals surface area contributed by atoms with Gasteiger partial charge in [0.1, 0.15) is 12.7 Å². The van der Waals surface area contributed by atoms with Crippen molar-refractivity contribution in [2.45, 2.75) is 16.7 Å². The number of nitro benzene ring substituents is 1. The average molecular weight is 339 g/mol. The van der Waals surface area contributed by atoms with Gasteiger partial charge in [0.2, 0.25) is 0 Å². The molecule has 0 spiro atoms. The number of aromatic nitrogens is 3. The zero-order chi connectivity index (χ0) is 16.9. The van der Waals surface area contributed by atoms with E-state index in [0.717, 1.165) is 10.5 Å². The Morgan fingerprint density at radius 3 is 2.54 bits per heavy atom. The molecule has 0 saturated carbocycles. The van der Waals surface area contributed by atoms with Crippen molar-refractivity contribution >= 4 is 23.7 Å². The molecule has 120 valence electrons. The molecule has 0 amide bonds. The predicted molar refractivity (Wildman–Crippen MR) is 91.4 cm³/mol. The molecule has 0 bridgehead atoms.